The number of carboxylic acid groups (broad SMARTS) is 1. The van der Waals surface area contributed by atoms with Gasteiger partial charge in [-0.1, -0.05) is 12.1 Å². The molecule has 0 fully saturated rings. The van der Waals surface area contributed by atoms with Crippen LogP contribution in [0.4, 0.5) is 0 Å². The number of hydrogen-bond acceptors (Lipinski definition) is 4. The normalized spacial score (nSPS) is 12.0. The number of carbonyl (C=O) groups excluding carboxylic acids is 1. The van der Waals surface area contributed by atoms with Crippen molar-refractivity contribution in [3.8, 4) is 0 Å². The summed E-state index contributed by atoms with van der Waals surface area (Å²) < 4.78 is 0. The zero-order valence-corrected chi connectivity index (χ0v) is 10.3. The van der Waals surface area contributed by atoms with E-state index in [0.717, 1.165) is 0 Å². The maximum Gasteiger partial charge on any atom is 0.304 e. The van der Waals surface area contributed by atoms with Gasteiger partial charge in [-0.25, -0.2) is 0 Å². The minimum absolute atomic E-state index is 0.189. The maximum atomic E-state index is 12.2. The molecule has 0 bridgehead atoms. The third kappa shape index (κ3) is 2.81. The fraction of sp³-hybridized carbons (Fsp3) is 0.154. The topological polar surface area (TPSA) is 67.3 Å². The Labute approximate surface area is 108 Å². The SMILES string of the molecule is O=C(O)CC(C(=O)c1cccs1)c1ccccn1. The van der Waals surface area contributed by atoms with Crippen molar-refractivity contribution in [3.05, 3.63) is 52.5 Å². The van der Waals surface area contributed by atoms with Crippen LogP contribution in [-0.4, -0.2) is 21.8 Å². The van der Waals surface area contributed by atoms with Crippen LogP contribution in [0.5, 0.6) is 0 Å². The molecule has 2 aromatic rings. The fourth-order valence-electron chi connectivity index (χ4n) is 1.68. The number of carboxylic acids is 1. The minimum Gasteiger partial charge on any atom is -0.481 e. The second-order valence-corrected chi connectivity index (χ2v) is 4.69. The molecule has 0 amide bonds. The van der Waals surface area contributed by atoms with Crippen molar-refractivity contribution in [2.45, 2.75) is 12.3 Å². The molecule has 18 heavy (non-hydrogen) atoms. The quantitative estimate of drug-likeness (QED) is 0.840. The van der Waals surface area contributed by atoms with E-state index in [-0.39, 0.29) is 12.2 Å². The third-order valence-electron chi connectivity index (χ3n) is 2.50. The van der Waals surface area contributed by atoms with Crippen molar-refractivity contribution in [3.63, 3.8) is 0 Å². The molecular formula is C13H11NO3S. The molecule has 0 saturated heterocycles. The molecule has 92 valence electrons. The van der Waals surface area contributed by atoms with Gasteiger partial charge in [-0.15, -0.1) is 11.3 Å². The molecule has 0 spiro atoms. The summed E-state index contributed by atoms with van der Waals surface area (Å²) in [6, 6.07) is 8.63. The van der Waals surface area contributed by atoms with Crippen molar-refractivity contribution in [2.75, 3.05) is 0 Å². The summed E-state index contributed by atoms with van der Waals surface area (Å²) in [6.45, 7) is 0. The van der Waals surface area contributed by atoms with Gasteiger partial charge in [-0.3, -0.25) is 14.6 Å². The lowest BCUT2D eigenvalue weighted by molar-refractivity contribution is -0.137. The largest absolute Gasteiger partial charge is 0.481 e. The molecule has 2 heterocycles. The van der Waals surface area contributed by atoms with Crippen LogP contribution in [-0.2, 0) is 4.79 Å². The summed E-state index contributed by atoms with van der Waals surface area (Å²) in [6.07, 6.45) is 1.32. The highest BCUT2D eigenvalue weighted by atomic mass is 32.1. The summed E-state index contributed by atoms with van der Waals surface area (Å²) in [5, 5.41) is 10.7. The first-order valence-corrected chi connectivity index (χ1v) is 6.27. The van der Waals surface area contributed by atoms with E-state index in [4.69, 9.17) is 5.11 Å². The summed E-state index contributed by atoms with van der Waals surface area (Å²) in [4.78, 5) is 27.8. The molecular weight excluding hydrogens is 250 g/mol. The number of Topliss-reactive ketones (excluding diaryl/α,β-unsaturated/α-hetero) is 1. The first-order valence-electron chi connectivity index (χ1n) is 5.39. The Bertz CT molecular complexity index is 537. The van der Waals surface area contributed by atoms with E-state index >= 15 is 0 Å². The van der Waals surface area contributed by atoms with E-state index in [1.165, 1.54) is 11.3 Å². The summed E-state index contributed by atoms with van der Waals surface area (Å²) in [7, 11) is 0. The van der Waals surface area contributed by atoms with Gasteiger partial charge in [0.2, 0.25) is 0 Å². The number of aliphatic carboxylic acids is 1. The number of pyridine rings is 1. The molecule has 2 rings (SSSR count). The number of rotatable bonds is 5. The number of hydrogen-bond donors (Lipinski definition) is 1. The fourth-order valence-corrected chi connectivity index (χ4v) is 2.40. The average Bonchev–Trinajstić information content (AvgIpc) is 2.90. The first-order chi connectivity index (χ1) is 8.68. The number of nitrogens with zero attached hydrogens (tertiary/aromatic N) is 1. The molecule has 0 saturated carbocycles. The van der Waals surface area contributed by atoms with Gasteiger partial charge in [0, 0.05) is 6.20 Å². The van der Waals surface area contributed by atoms with Gasteiger partial charge in [0.1, 0.15) is 0 Å². The van der Waals surface area contributed by atoms with Crippen molar-refractivity contribution < 1.29 is 14.7 Å². The predicted octanol–water partition coefficient (Wildman–Crippen LogP) is 2.58. The number of aromatic nitrogens is 1. The second-order valence-electron chi connectivity index (χ2n) is 3.75. The van der Waals surface area contributed by atoms with E-state index in [1.807, 2.05) is 0 Å². The molecule has 1 N–H and O–H groups in total. The van der Waals surface area contributed by atoms with E-state index in [0.29, 0.717) is 10.6 Å². The smallest absolute Gasteiger partial charge is 0.304 e. The van der Waals surface area contributed by atoms with Crippen LogP contribution in [0.25, 0.3) is 0 Å². The van der Waals surface area contributed by atoms with E-state index in [2.05, 4.69) is 4.98 Å². The lowest BCUT2D eigenvalue weighted by Crippen LogP contribution is -2.17. The van der Waals surface area contributed by atoms with Gasteiger partial charge in [-0.2, -0.15) is 0 Å². The second kappa shape index (κ2) is 5.55. The van der Waals surface area contributed by atoms with E-state index < -0.39 is 11.9 Å². The molecule has 4 nitrogen and oxygen atoms in total. The van der Waals surface area contributed by atoms with Crippen LogP contribution in [0, 0.1) is 0 Å². The maximum absolute atomic E-state index is 12.2. The molecule has 0 radical (unpaired) electrons. The Balaban J connectivity index is 2.31. The van der Waals surface area contributed by atoms with Crippen molar-refractivity contribution >= 4 is 23.1 Å². The minimum atomic E-state index is -1.00. The first kappa shape index (κ1) is 12.4. The summed E-state index contributed by atoms with van der Waals surface area (Å²) >= 11 is 1.31. The Morgan fingerprint density at radius 1 is 1.28 bits per heavy atom. The van der Waals surface area contributed by atoms with Crippen LogP contribution in [0.1, 0.15) is 27.7 Å². The Kier molecular flexibility index (Phi) is 3.84. The Hall–Kier alpha value is -2.01. The van der Waals surface area contributed by atoms with Gasteiger partial charge < -0.3 is 5.11 Å². The highest BCUT2D eigenvalue weighted by molar-refractivity contribution is 7.12. The zero-order valence-electron chi connectivity index (χ0n) is 9.45. The predicted molar refractivity (Wildman–Crippen MR) is 67.9 cm³/mol. The van der Waals surface area contributed by atoms with Gasteiger partial charge in [0.15, 0.2) is 5.78 Å². The summed E-state index contributed by atoms with van der Waals surface area (Å²) in [5.74, 6) is -1.91. The van der Waals surface area contributed by atoms with Crippen LogP contribution < -0.4 is 0 Å². The third-order valence-corrected chi connectivity index (χ3v) is 3.39. The molecule has 1 unspecified atom stereocenters. The van der Waals surface area contributed by atoms with Gasteiger partial charge in [0.05, 0.1) is 22.9 Å². The van der Waals surface area contributed by atoms with Gasteiger partial charge in [0.25, 0.3) is 0 Å². The molecule has 1 atom stereocenters. The standard InChI is InChI=1S/C13H11NO3S/c15-12(16)8-9(10-4-1-2-6-14-10)13(17)11-5-3-7-18-11/h1-7,9H,8H2,(H,15,16). The lowest BCUT2D eigenvalue weighted by atomic mass is 9.95. The molecule has 5 heteroatoms. The molecule has 0 aromatic carbocycles. The molecule has 0 aliphatic carbocycles. The highest BCUT2D eigenvalue weighted by Gasteiger charge is 2.26. The monoisotopic (exact) mass is 261 g/mol. The van der Waals surface area contributed by atoms with Gasteiger partial charge in [-0.05, 0) is 23.6 Å². The Morgan fingerprint density at radius 3 is 2.67 bits per heavy atom. The van der Waals surface area contributed by atoms with Crippen LogP contribution in [0.3, 0.4) is 0 Å². The Morgan fingerprint density at radius 2 is 2.11 bits per heavy atom. The lowest BCUT2D eigenvalue weighted by Gasteiger charge is -2.11. The van der Waals surface area contributed by atoms with Crippen LogP contribution in [0.2, 0.25) is 0 Å². The zero-order chi connectivity index (χ0) is 13.0. The number of carbonyl (C=O) groups is 2. The molecule has 0 aliphatic heterocycles. The van der Waals surface area contributed by atoms with Crippen molar-refractivity contribution in [1.82, 2.24) is 4.98 Å². The van der Waals surface area contributed by atoms with Gasteiger partial charge >= 0.3 is 5.97 Å². The van der Waals surface area contributed by atoms with Crippen molar-refractivity contribution in [1.29, 1.82) is 0 Å². The molecule has 2 aromatic heterocycles. The highest BCUT2D eigenvalue weighted by Crippen LogP contribution is 2.25. The van der Waals surface area contributed by atoms with Crippen LogP contribution in [0.15, 0.2) is 41.9 Å². The average molecular weight is 261 g/mol. The molecule has 0 aliphatic rings. The van der Waals surface area contributed by atoms with Crippen LogP contribution >= 0.6 is 11.3 Å². The summed E-state index contributed by atoms with van der Waals surface area (Å²) in [5.41, 5.74) is 0.498. The van der Waals surface area contributed by atoms with E-state index in [9.17, 15) is 9.59 Å². The van der Waals surface area contributed by atoms with Crippen molar-refractivity contribution in [2.24, 2.45) is 0 Å². The number of ketones is 1. The number of thiophene rings is 1. The van der Waals surface area contributed by atoms with E-state index in [1.54, 1.807) is 41.9 Å².